The number of aryl methyl sites for hydroxylation is 1. The smallest absolute Gasteiger partial charge is 0.339 e. The highest BCUT2D eigenvalue weighted by Gasteiger charge is 2.12. The van der Waals surface area contributed by atoms with Gasteiger partial charge in [0, 0.05) is 15.6 Å². The lowest BCUT2D eigenvalue weighted by Crippen LogP contribution is -2.03. The van der Waals surface area contributed by atoms with Crippen molar-refractivity contribution in [3.63, 3.8) is 0 Å². The van der Waals surface area contributed by atoms with Gasteiger partial charge >= 0.3 is 5.97 Å². The molecule has 0 unspecified atom stereocenters. The van der Waals surface area contributed by atoms with Crippen LogP contribution in [-0.4, -0.2) is 11.1 Å². The van der Waals surface area contributed by atoms with Crippen molar-refractivity contribution < 1.29 is 14.6 Å². The Labute approximate surface area is 126 Å². The van der Waals surface area contributed by atoms with E-state index in [1.807, 2.05) is 25.1 Å². The molecule has 0 aliphatic heterocycles. The van der Waals surface area contributed by atoms with Crippen LogP contribution in [0.5, 0.6) is 5.75 Å². The van der Waals surface area contributed by atoms with Gasteiger partial charge in [0.1, 0.15) is 17.9 Å². The summed E-state index contributed by atoms with van der Waals surface area (Å²) in [6.45, 7) is 2.14. The van der Waals surface area contributed by atoms with Crippen molar-refractivity contribution in [2.45, 2.75) is 13.5 Å². The van der Waals surface area contributed by atoms with Gasteiger partial charge in [-0.05, 0) is 36.8 Å². The number of carbonyl (C=O) groups is 1. The van der Waals surface area contributed by atoms with Crippen molar-refractivity contribution in [3.8, 4) is 5.75 Å². The second-order valence-electron chi connectivity index (χ2n) is 4.33. The molecule has 0 bridgehead atoms. The summed E-state index contributed by atoms with van der Waals surface area (Å²) < 4.78 is 5.54. The van der Waals surface area contributed by atoms with Gasteiger partial charge in [0.2, 0.25) is 0 Å². The maximum absolute atomic E-state index is 11.1. The topological polar surface area (TPSA) is 46.5 Å². The van der Waals surface area contributed by atoms with E-state index in [4.69, 9.17) is 33.0 Å². The minimum atomic E-state index is -1.09. The molecule has 0 spiro atoms. The Kier molecular flexibility index (Phi) is 4.53. The van der Waals surface area contributed by atoms with Gasteiger partial charge in [-0.3, -0.25) is 0 Å². The SMILES string of the molecule is Cc1ccc(COc2ccc(Cl)cc2C(=O)O)c(Cl)c1. The Morgan fingerprint density at radius 1 is 1.20 bits per heavy atom. The number of halogens is 2. The fourth-order valence-corrected chi connectivity index (χ4v) is 2.18. The zero-order valence-corrected chi connectivity index (χ0v) is 12.2. The number of hydrogen-bond acceptors (Lipinski definition) is 2. The maximum Gasteiger partial charge on any atom is 0.339 e. The van der Waals surface area contributed by atoms with Crippen LogP contribution in [0.3, 0.4) is 0 Å². The molecule has 1 N–H and O–H groups in total. The third-order valence-corrected chi connectivity index (χ3v) is 3.35. The molecule has 2 aromatic carbocycles. The highest BCUT2D eigenvalue weighted by atomic mass is 35.5. The third-order valence-electron chi connectivity index (χ3n) is 2.76. The van der Waals surface area contributed by atoms with Crippen LogP contribution in [0, 0.1) is 6.92 Å². The summed E-state index contributed by atoms with van der Waals surface area (Å²) in [6.07, 6.45) is 0. The molecule has 0 fully saturated rings. The van der Waals surface area contributed by atoms with Gasteiger partial charge < -0.3 is 9.84 Å². The van der Waals surface area contributed by atoms with Gasteiger partial charge in [0.25, 0.3) is 0 Å². The average Bonchev–Trinajstić information content (AvgIpc) is 2.38. The standard InChI is InChI=1S/C15H12Cl2O3/c1-9-2-3-10(13(17)6-9)8-20-14-5-4-11(16)7-12(14)15(18)19/h2-7H,8H2,1H3,(H,18,19). The Balaban J connectivity index is 2.20. The van der Waals surface area contributed by atoms with Crippen molar-refractivity contribution in [2.24, 2.45) is 0 Å². The first kappa shape index (κ1) is 14.7. The molecule has 0 atom stereocenters. The van der Waals surface area contributed by atoms with Crippen molar-refractivity contribution >= 4 is 29.2 Å². The van der Waals surface area contributed by atoms with Gasteiger partial charge in [-0.1, -0.05) is 35.3 Å². The van der Waals surface area contributed by atoms with Crippen molar-refractivity contribution in [3.05, 3.63) is 63.1 Å². The van der Waals surface area contributed by atoms with Crippen LogP contribution >= 0.6 is 23.2 Å². The summed E-state index contributed by atoms with van der Waals surface area (Å²) in [6, 6.07) is 10.1. The maximum atomic E-state index is 11.1. The number of benzene rings is 2. The number of rotatable bonds is 4. The molecule has 0 amide bonds. The van der Waals surface area contributed by atoms with E-state index >= 15 is 0 Å². The Morgan fingerprint density at radius 2 is 1.95 bits per heavy atom. The molecule has 0 saturated carbocycles. The Hall–Kier alpha value is -1.71. The second kappa shape index (κ2) is 6.16. The molecule has 0 radical (unpaired) electrons. The molecule has 0 aliphatic rings. The van der Waals surface area contributed by atoms with Crippen molar-refractivity contribution in [2.75, 3.05) is 0 Å². The van der Waals surface area contributed by atoms with Gasteiger partial charge in [0.05, 0.1) is 0 Å². The van der Waals surface area contributed by atoms with E-state index in [9.17, 15) is 4.79 Å². The van der Waals surface area contributed by atoms with E-state index in [0.29, 0.717) is 10.0 Å². The molecule has 0 aliphatic carbocycles. The summed E-state index contributed by atoms with van der Waals surface area (Å²) in [7, 11) is 0. The molecular weight excluding hydrogens is 299 g/mol. The molecule has 2 aromatic rings. The fraction of sp³-hybridized carbons (Fsp3) is 0.133. The molecule has 0 heterocycles. The van der Waals surface area contributed by atoms with Crippen LogP contribution in [0.1, 0.15) is 21.5 Å². The first-order valence-corrected chi connectivity index (χ1v) is 6.63. The monoisotopic (exact) mass is 310 g/mol. The van der Waals surface area contributed by atoms with Gasteiger partial charge in [0.15, 0.2) is 0 Å². The zero-order chi connectivity index (χ0) is 14.7. The third kappa shape index (κ3) is 3.44. The molecule has 0 aromatic heterocycles. The Bertz CT molecular complexity index is 654. The summed E-state index contributed by atoms with van der Waals surface area (Å²) in [5, 5.41) is 10.1. The largest absolute Gasteiger partial charge is 0.488 e. The highest BCUT2D eigenvalue weighted by Crippen LogP contribution is 2.25. The summed E-state index contributed by atoms with van der Waals surface area (Å²) >= 11 is 11.9. The molecule has 104 valence electrons. The number of ether oxygens (including phenoxy) is 1. The minimum absolute atomic E-state index is 0.0285. The number of carboxylic acid groups (broad SMARTS) is 1. The van der Waals surface area contributed by atoms with E-state index in [-0.39, 0.29) is 17.9 Å². The van der Waals surface area contributed by atoms with Crippen LogP contribution in [0.2, 0.25) is 10.0 Å². The van der Waals surface area contributed by atoms with E-state index in [2.05, 4.69) is 0 Å². The van der Waals surface area contributed by atoms with Crippen molar-refractivity contribution in [1.29, 1.82) is 0 Å². The van der Waals surface area contributed by atoms with E-state index in [0.717, 1.165) is 11.1 Å². The Morgan fingerprint density at radius 3 is 2.60 bits per heavy atom. The van der Waals surface area contributed by atoms with Gasteiger partial charge in [-0.2, -0.15) is 0 Å². The molecule has 20 heavy (non-hydrogen) atoms. The lowest BCUT2D eigenvalue weighted by Gasteiger charge is -2.11. The van der Waals surface area contributed by atoms with E-state index in [1.165, 1.54) is 12.1 Å². The van der Waals surface area contributed by atoms with Crippen LogP contribution in [0.25, 0.3) is 0 Å². The van der Waals surface area contributed by atoms with Crippen LogP contribution in [0.4, 0.5) is 0 Å². The number of hydrogen-bond donors (Lipinski definition) is 1. The lowest BCUT2D eigenvalue weighted by atomic mass is 10.1. The van der Waals surface area contributed by atoms with Gasteiger partial charge in [-0.25, -0.2) is 4.79 Å². The molecular formula is C15H12Cl2O3. The summed E-state index contributed by atoms with van der Waals surface area (Å²) in [5.74, 6) is -0.823. The summed E-state index contributed by atoms with van der Waals surface area (Å²) in [4.78, 5) is 11.1. The number of aromatic carboxylic acids is 1. The predicted molar refractivity (Wildman–Crippen MR) is 78.9 cm³/mol. The highest BCUT2D eigenvalue weighted by molar-refractivity contribution is 6.31. The summed E-state index contributed by atoms with van der Waals surface area (Å²) in [5.41, 5.74) is 1.88. The average molecular weight is 311 g/mol. The first-order valence-electron chi connectivity index (χ1n) is 5.88. The molecule has 2 rings (SSSR count). The predicted octanol–water partition coefficient (Wildman–Crippen LogP) is 4.58. The zero-order valence-electron chi connectivity index (χ0n) is 10.7. The molecule has 5 heteroatoms. The van der Waals surface area contributed by atoms with Crippen LogP contribution in [0.15, 0.2) is 36.4 Å². The number of carboxylic acids is 1. The fourth-order valence-electron chi connectivity index (χ4n) is 1.72. The molecule has 0 saturated heterocycles. The van der Waals surface area contributed by atoms with E-state index in [1.54, 1.807) is 6.07 Å². The first-order chi connectivity index (χ1) is 9.47. The molecule has 3 nitrogen and oxygen atoms in total. The lowest BCUT2D eigenvalue weighted by molar-refractivity contribution is 0.0692. The van der Waals surface area contributed by atoms with Crippen LogP contribution in [-0.2, 0) is 6.61 Å². The van der Waals surface area contributed by atoms with Crippen LogP contribution < -0.4 is 4.74 Å². The van der Waals surface area contributed by atoms with Crippen molar-refractivity contribution in [1.82, 2.24) is 0 Å². The van der Waals surface area contributed by atoms with E-state index < -0.39 is 5.97 Å². The quantitative estimate of drug-likeness (QED) is 0.899. The normalized spacial score (nSPS) is 10.3. The second-order valence-corrected chi connectivity index (χ2v) is 5.17. The minimum Gasteiger partial charge on any atom is -0.488 e. The van der Waals surface area contributed by atoms with Gasteiger partial charge in [-0.15, -0.1) is 0 Å².